The molecule has 0 saturated heterocycles. The highest BCUT2D eigenvalue weighted by Crippen LogP contribution is 2.28. The third-order valence-electron chi connectivity index (χ3n) is 2.00. The van der Waals surface area contributed by atoms with Crippen LogP contribution < -0.4 is 15.2 Å². The van der Waals surface area contributed by atoms with Crippen molar-refractivity contribution in [1.29, 1.82) is 5.26 Å². The lowest BCUT2D eigenvalue weighted by Crippen LogP contribution is -2.08. The topological polar surface area (TPSA) is 68.3 Å². The summed E-state index contributed by atoms with van der Waals surface area (Å²) in [4.78, 5) is 0. The third-order valence-corrected chi connectivity index (χ3v) is 2.00. The molecule has 1 rings (SSSR count). The maximum atomic E-state index is 8.45. The first kappa shape index (κ1) is 11.3. The molecule has 2 N–H and O–H groups in total. The van der Waals surface area contributed by atoms with Crippen LogP contribution in [0.1, 0.15) is 18.5 Å². The Morgan fingerprint density at radius 3 is 2.80 bits per heavy atom. The highest BCUT2D eigenvalue weighted by molar-refractivity contribution is 5.42. The van der Waals surface area contributed by atoms with Crippen molar-refractivity contribution in [2.24, 2.45) is 5.73 Å². The molecule has 1 aromatic rings. The third kappa shape index (κ3) is 2.86. The molecule has 15 heavy (non-hydrogen) atoms. The van der Waals surface area contributed by atoms with Gasteiger partial charge in [0.25, 0.3) is 0 Å². The highest BCUT2D eigenvalue weighted by Gasteiger charge is 2.09. The molecule has 80 valence electrons. The Balaban J connectivity index is 3.00. The zero-order chi connectivity index (χ0) is 11.3. The van der Waals surface area contributed by atoms with Crippen molar-refractivity contribution in [3.8, 4) is 17.6 Å². The van der Waals surface area contributed by atoms with Crippen LogP contribution in [0, 0.1) is 11.3 Å². The fourth-order valence-corrected chi connectivity index (χ4v) is 1.25. The maximum absolute atomic E-state index is 8.45. The van der Waals surface area contributed by atoms with Gasteiger partial charge in [0.1, 0.15) is 17.6 Å². The second-order valence-electron chi connectivity index (χ2n) is 3.14. The van der Waals surface area contributed by atoms with Crippen molar-refractivity contribution >= 4 is 0 Å². The van der Waals surface area contributed by atoms with Crippen molar-refractivity contribution in [2.75, 3.05) is 13.7 Å². The average Bonchev–Trinajstić information content (AvgIpc) is 2.25. The van der Waals surface area contributed by atoms with E-state index in [-0.39, 0.29) is 12.6 Å². The number of nitrogens with zero attached hydrogens (tertiary/aromatic N) is 1. The van der Waals surface area contributed by atoms with Crippen LogP contribution in [0.15, 0.2) is 18.2 Å². The molecule has 0 aromatic heterocycles. The van der Waals surface area contributed by atoms with E-state index in [1.165, 1.54) is 0 Å². The number of hydrogen-bond acceptors (Lipinski definition) is 4. The minimum absolute atomic E-state index is 0.00683. The summed E-state index contributed by atoms with van der Waals surface area (Å²) in [7, 11) is 1.58. The molecule has 4 nitrogen and oxygen atoms in total. The van der Waals surface area contributed by atoms with E-state index in [9.17, 15) is 0 Å². The molecule has 0 aliphatic heterocycles. The van der Waals surface area contributed by atoms with E-state index in [0.29, 0.717) is 11.5 Å². The monoisotopic (exact) mass is 206 g/mol. The lowest BCUT2D eigenvalue weighted by Gasteiger charge is -2.13. The van der Waals surface area contributed by atoms with E-state index in [0.717, 1.165) is 5.56 Å². The van der Waals surface area contributed by atoms with Crippen LogP contribution in [0.25, 0.3) is 0 Å². The van der Waals surface area contributed by atoms with Gasteiger partial charge >= 0.3 is 0 Å². The fourth-order valence-electron chi connectivity index (χ4n) is 1.25. The average molecular weight is 206 g/mol. The molecule has 1 atom stereocenters. The van der Waals surface area contributed by atoms with Crippen LogP contribution in [0.3, 0.4) is 0 Å². The van der Waals surface area contributed by atoms with Crippen molar-refractivity contribution in [2.45, 2.75) is 13.0 Å². The fraction of sp³-hybridized carbons (Fsp3) is 0.364. The quantitative estimate of drug-likeness (QED) is 0.812. The summed E-state index contributed by atoms with van der Waals surface area (Å²) in [6.45, 7) is 1.87. The summed E-state index contributed by atoms with van der Waals surface area (Å²) in [5.41, 5.74) is 6.64. The molecule has 0 aliphatic rings. The van der Waals surface area contributed by atoms with Gasteiger partial charge in [0, 0.05) is 17.7 Å². The van der Waals surface area contributed by atoms with Gasteiger partial charge in [-0.25, -0.2) is 0 Å². The van der Waals surface area contributed by atoms with E-state index < -0.39 is 0 Å². The molecule has 1 aromatic carbocycles. The number of methoxy groups -OCH3 is 1. The Bertz CT molecular complexity index is 369. The second kappa shape index (κ2) is 5.23. The SMILES string of the molecule is COc1ccc([C@H](C)N)c(OCC#N)c1. The summed E-state index contributed by atoms with van der Waals surface area (Å²) in [6, 6.07) is 7.17. The molecule has 0 amide bonds. The van der Waals surface area contributed by atoms with Crippen LogP contribution in [-0.2, 0) is 0 Å². The zero-order valence-electron chi connectivity index (χ0n) is 8.86. The predicted octanol–water partition coefficient (Wildman–Crippen LogP) is 1.62. The van der Waals surface area contributed by atoms with Gasteiger partial charge in [0.2, 0.25) is 0 Å². The van der Waals surface area contributed by atoms with Gasteiger partial charge in [-0.3, -0.25) is 0 Å². The standard InChI is InChI=1S/C11H14N2O2/c1-8(13)10-4-3-9(14-2)7-11(10)15-6-5-12/h3-4,7-8H,6,13H2,1-2H3/t8-/m0/s1. The van der Waals surface area contributed by atoms with E-state index in [4.69, 9.17) is 20.5 Å². The first-order valence-corrected chi connectivity index (χ1v) is 4.62. The Morgan fingerprint density at radius 1 is 1.53 bits per heavy atom. The minimum Gasteiger partial charge on any atom is -0.497 e. The minimum atomic E-state index is -0.135. The number of benzene rings is 1. The van der Waals surface area contributed by atoms with Gasteiger partial charge in [-0.1, -0.05) is 6.07 Å². The van der Waals surface area contributed by atoms with Crippen LogP contribution in [0.4, 0.5) is 0 Å². The molecule has 0 bridgehead atoms. The van der Waals surface area contributed by atoms with E-state index in [1.807, 2.05) is 25.1 Å². The molecule has 0 unspecified atom stereocenters. The van der Waals surface area contributed by atoms with Gasteiger partial charge in [-0.15, -0.1) is 0 Å². The Labute approximate surface area is 89.2 Å². The number of nitrogens with two attached hydrogens (primary N) is 1. The van der Waals surface area contributed by atoms with Crippen LogP contribution in [0.5, 0.6) is 11.5 Å². The predicted molar refractivity (Wildman–Crippen MR) is 56.7 cm³/mol. The van der Waals surface area contributed by atoms with Crippen molar-refractivity contribution in [3.05, 3.63) is 23.8 Å². The molecule has 0 radical (unpaired) electrons. The van der Waals surface area contributed by atoms with Crippen molar-refractivity contribution in [1.82, 2.24) is 0 Å². The molecule has 0 saturated carbocycles. The summed E-state index contributed by atoms with van der Waals surface area (Å²) in [6.07, 6.45) is 0. The second-order valence-corrected chi connectivity index (χ2v) is 3.14. The molecule has 0 spiro atoms. The van der Waals surface area contributed by atoms with Gasteiger partial charge < -0.3 is 15.2 Å². The lowest BCUT2D eigenvalue weighted by molar-refractivity contribution is 0.355. The van der Waals surface area contributed by atoms with E-state index in [1.54, 1.807) is 13.2 Å². The maximum Gasteiger partial charge on any atom is 0.174 e. The first-order chi connectivity index (χ1) is 7.19. The van der Waals surface area contributed by atoms with Gasteiger partial charge in [-0.2, -0.15) is 5.26 Å². The van der Waals surface area contributed by atoms with E-state index >= 15 is 0 Å². The molecule has 4 heteroatoms. The summed E-state index contributed by atoms with van der Waals surface area (Å²) >= 11 is 0. The normalized spacial score (nSPS) is 11.6. The van der Waals surface area contributed by atoms with Gasteiger partial charge in [0.05, 0.1) is 7.11 Å². The van der Waals surface area contributed by atoms with Gasteiger partial charge in [0.15, 0.2) is 6.61 Å². The summed E-state index contributed by atoms with van der Waals surface area (Å²) in [5, 5.41) is 8.45. The lowest BCUT2D eigenvalue weighted by atomic mass is 10.1. The molecular formula is C11H14N2O2. The van der Waals surface area contributed by atoms with E-state index in [2.05, 4.69) is 0 Å². The van der Waals surface area contributed by atoms with Crippen LogP contribution in [0.2, 0.25) is 0 Å². The van der Waals surface area contributed by atoms with Crippen LogP contribution >= 0.6 is 0 Å². The number of rotatable bonds is 4. The highest BCUT2D eigenvalue weighted by atomic mass is 16.5. The molecule has 0 aliphatic carbocycles. The molecular weight excluding hydrogens is 192 g/mol. The van der Waals surface area contributed by atoms with Crippen molar-refractivity contribution in [3.63, 3.8) is 0 Å². The number of ether oxygens (including phenoxy) is 2. The zero-order valence-corrected chi connectivity index (χ0v) is 8.86. The summed E-state index contributed by atoms with van der Waals surface area (Å²) in [5.74, 6) is 1.29. The Morgan fingerprint density at radius 2 is 2.27 bits per heavy atom. The largest absolute Gasteiger partial charge is 0.497 e. The van der Waals surface area contributed by atoms with Gasteiger partial charge in [-0.05, 0) is 13.0 Å². The first-order valence-electron chi connectivity index (χ1n) is 4.62. The number of nitriles is 1. The summed E-state index contributed by atoms with van der Waals surface area (Å²) < 4.78 is 10.3. The molecule has 0 heterocycles. The van der Waals surface area contributed by atoms with Crippen molar-refractivity contribution < 1.29 is 9.47 Å². The smallest absolute Gasteiger partial charge is 0.174 e. The molecule has 0 fully saturated rings. The Hall–Kier alpha value is -1.73. The number of hydrogen-bond donors (Lipinski definition) is 1. The van der Waals surface area contributed by atoms with Crippen LogP contribution in [-0.4, -0.2) is 13.7 Å². The Kier molecular flexibility index (Phi) is 3.95.